The number of carbonyl (C=O) groups is 5. The van der Waals surface area contributed by atoms with E-state index in [9.17, 15) is 29.1 Å². The zero-order chi connectivity index (χ0) is 42.2. The molecule has 4 rings (SSSR count). The summed E-state index contributed by atoms with van der Waals surface area (Å²) in [6.45, 7) is 4.38. The number of rotatable bonds is 20. The third kappa shape index (κ3) is 12.4. The molecule has 2 amide bonds. The minimum atomic E-state index is -1.30. The number of ether oxygens (including phenoxy) is 2. The molecule has 0 spiro atoms. The van der Waals surface area contributed by atoms with Crippen molar-refractivity contribution < 1.29 is 38.6 Å². The van der Waals surface area contributed by atoms with Gasteiger partial charge in [0.05, 0.1) is 5.92 Å². The number of hydrogen-bond acceptors (Lipinski definition) is 10. The van der Waals surface area contributed by atoms with Crippen LogP contribution in [0.2, 0.25) is 0 Å². The van der Waals surface area contributed by atoms with E-state index in [0.29, 0.717) is 39.3 Å². The molecule has 8 N–H and O–H groups in total. The Morgan fingerprint density at radius 2 is 1.47 bits per heavy atom. The van der Waals surface area contributed by atoms with Gasteiger partial charge in [-0.15, -0.1) is 0 Å². The van der Waals surface area contributed by atoms with Crippen LogP contribution in [0.5, 0.6) is 11.5 Å². The Labute approximate surface area is 342 Å². The number of ketones is 2. The number of likely N-dealkylation sites (N-methyl/N-ethyl adjacent to an activating group) is 1. The first-order valence-electron chi connectivity index (χ1n) is 20.5. The predicted molar refractivity (Wildman–Crippen MR) is 224 cm³/mol. The van der Waals surface area contributed by atoms with Crippen LogP contribution in [-0.4, -0.2) is 85.3 Å². The summed E-state index contributed by atoms with van der Waals surface area (Å²) < 4.78 is 12.1. The summed E-state index contributed by atoms with van der Waals surface area (Å²) in [7, 11) is 1.48. The number of carboxylic acids is 1. The standard InChI is InChI=1S/C45H61N5O8/c1-4-5-6-7-8-9-10-30-11-14-32(15-12-30)38(51)27-34(28-48)44(54)50(3)42-33-16-18-41(58-22-20-47)36(26-33)35-24-31(13-17-40(35)57-21-19-46)25-37(45(55)56)49-43(53)29(2)23-39(42)52/h11-18,24,26,29,34,37,42H,4-10,19-23,25,27-28,46-48H2,1-3H3,(H,49,53)(H,55,56)/t29-,34+,37+,42+/m1/s1. The van der Waals surface area contributed by atoms with Crippen LogP contribution in [-0.2, 0) is 32.0 Å². The van der Waals surface area contributed by atoms with Crippen molar-refractivity contribution in [3.05, 3.63) is 82.9 Å². The molecule has 13 heteroatoms. The molecular formula is C45H61N5O8. The van der Waals surface area contributed by atoms with Crippen molar-refractivity contribution in [3.63, 3.8) is 0 Å². The molecule has 3 aromatic carbocycles. The summed E-state index contributed by atoms with van der Waals surface area (Å²) in [5.74, 6) is -4.15. The van der Waals surface area contributed by atoms with Gasteiger partial charge in [0.15, 0.2) is 11.6 Å². The fraction of sp³-hybridized carbons (Fsp3) is 0.489. The number of carboxylic acid groups (broad SMARTS) is 1. The minimum Gasteiger partial charge on any atom is -0.492 e. The van der Waals surface area contributed by atoms with E-state index >= 15 is 0 Å². The van der Waals surface area contributed by atoms with Crippen molar-refractivity contribution in [1.29, 1.82) is 0 Å². The summed E-state index contributed by atoms with van der Waals surface area (Å²) >= 11 is 0. The molecule has 0 saturated heterocycles. The maximum Gasteiger partial charge on any atom is 0.326 e. The van der Waals surface area contributed by atoms with Crippen molar-refractivity contribution in [2.45, 2.75) is 90.1 Å². The molecule has 1 heterocycles. The highest BCUT2D eigenvalue weighted by atomic mass is 16.5. The number of nitrogens with zero attached hydrogens (tertiary/aromatic N) is 1. The largest absolute Gasteiger partial charge is 0.492 e. The molecule has 0 unspecified atom stereocenters. The Hall–Kier alpha value is -5.11. The second-order valence-corrected chi connectivity index (χ2v) is 15.2. The highest BCUT2D eigenvalue weighted by molar-refractivity contribution is 6.00. The molecule has 4 atom stereocenters. The lowest BCUT2D eigenvalue weighted by atomic mass is 9.89. The lowest BCUT2D eigenvalue weighted by Gasteiger charge is -2.32. The summed E-state index contributed by atoms with van der Waals surface area (Å²) in [6.07, 6.45) is 7.58. The third-order valence-corrected chi connectivity index (χ3v) is 10.6. The van der Waals surface area contributed by atoms with Crippen LogP contribution in [0, 0.1) is 11.8 Å². The molecule has 1 aliphatic heterocycles. The fourth-order valence-electron chi connectivity index (χ4n) is 7.31. The number of Topliss-reactive ketones (excluding diaryl/α,β-unsaturated/α-hetero) is 2. The maximum atomic E-state index is 14.4. The molecule has 58 heavy (non-hydrogen) atoms. The van der Waals surface area contributed by atoms with Gasteiger partial charge in [0, 0.05) is 68.6 Å². The van der Waals surface area contributed by atoms with Gasteiger partial charge in [0.2, 0.25) is 11.8 Å². The Kier molecular flexibility index (Phi) is 17.9. The first-order chi connectivity index (χ1) is 27.9. The molecule has 3 aromatic rings. The van der Waals surface area contributed by atoms with Gasteiger partial charge in [-0.3, -0.25) is 19.2 Å². The van der Waals surface area contributed by atoms with Gasteiger partial charge in [-0.1, -0.05) is 82.3 Å². The second kappa shape index (κ2) is 22.7. The smallest absolute Gasteiger partial charge is 0.326 e. The van der Waals surface area contributed by atoms with Gasteiger partial charge in [-0.25, -0.2) is 4.79 Å². The Morgan fingerprint density at radius 3 is 2.09 bits per heavy atom. The number of benzene rings is 3. The molecule has 13 nitrogen and oxygen atoms in total. The quantitative estimate of drug-likeness (QED) is 0.0757. The van der Waals surface area contributed by atoms with E-state index in [1.807, 2.05) is 12.1 Å². The average molecular weight is 800 g/mol. The van der Waals surface area contributed by atoms with Gasteiger partial charge in [-0.05, 0) is 53.8 Å². The van der Waals surface area contributed by atoms with Crippen LogP contribution in [0.25, 0.3) is 11.1 Å². The number of nitrogens with two attached hydrogens (primary N) is 3. The van der Waals surface area contributed by atoms with Crippen molar-refractivity contribution in [1.82, 2.24) is 10.2 Å². The van der Waals surface area contributed by atoms with Crippen LogP contribution < -0.4 is 32.0 Å². The molecule has 0 aromatic heterocycles. The van der Waals surface area contributed by atoms with Crippen molar-refractivity contribution in [3.8, 4) is 22.6 Å². The van der Waals surface area contributed by atoms with Gasteiger partial charge < -0.3 is 42.0 Å². The van der Waals surface area contributed by atoms with Crippen LogP contribution in [0.1, 0.15) is 98.3 Å². The van der Waals surface area contributed by atoms with Crippen LogP contribution in [0.3, 0.4) is 0 Å². The van der Waals surface area contributed by atoms with Crippen LogP contribution in [0.4, 0.5) is 0 Å². The first kappa shape index (κ1) is 45.6. The zero-order valence-electron chi connectivity index (χ0n) is 34.2. The summed E-state index contributed by atoms with van der Waals surface area (Å²) in [6, 6.07) is 15.2. The molecular weight excluding hydrogens is 739 g/mol. The van der Waals surface area contributed by atoms with E-state index < -0.39 is 47.5 Å². The molecule has 0 radical (unpaired) electrons. The van der Waals surface area contributed by atoms with Gasteiger partial charge in [-0.2, -0.15) is 0 Å². The van der Waals surface area contributed by atoms with Gasteiger partial charge in [0.25, 0.3) is 0 Å². The first-order valence-corrected chi connectivity index (χ1v) is 20.5. The van der Waals surface area contributed by atoms with E-state index in [2.05, 4.69) is 12.2 Å². The normalized spacial score (nSPS) is 17.4. The van der Waals surface area contributed by atoms with Crippen molar-refractivity contribution in [2.24, 2.45) is 29.0 Å². The monoisotopic (exact) mass is 799 g/mol. The predicted octanol–water partition coefficient (Wildman–Crippen LogP) is 5.00. The number of nitrogens with one attached hydrogen (secondary N) is 1. The van der Waals surface area contributed by atoms with Gasteiger partial charge in [0.1, 0.15) is 36.8 Å². The Balaban J connectivity index is 1.71. The highest BCUT2D eigenvalue weighted by Crippen LogP contribution is 2.40. The molecule has 4 bridgehead atoms. The van der Waals surface area contributed by atoms with Crippen molar-refractivity contribution >= 4 is 29.4 Å². The zero-order valence-corrected chi connectivity index (χ0v) is 34.2. The van der Waals surface area contributed by atoms with E-state index in [1.165, 1.54) is 51.0 Å². The van der Waals surface area contributed by atoms with E-state index in [-0.39, 0.29) is 57.9 Å². The topological polar surface area (TPSA) is 217 Å². The van der Waals surface area contributed by atoms with E-state index in [1.54, 1.807) is 48.5 Å². The third-order valence-electron chi connectivity index (χ3n) is 10.6. The lowest BCUT2D eigenvalue weighted by molar-refractivity contribution is -0.143. The van der Waals surface area contributed by atoms with E-state index in [0.717, 1.165) is 18.4 Å². The minimum absolute atomic E-state index is 0.0486. The SMILES string of the molecule is CCCCCCCCc1ccc(C(=O)C[C@@H](CN)C(=O)N(C)[C@@H]2C(=O)C[C@@H](C)C(=O)N[C@H](C(=O)O)Cc3ccc(OCCN)c(c3)-c3cc2ccc3OCCN)cc1. The molecule has 0 aliphatic carbocycles. The number of amides is 2. The van der Waals surface area contributed by atoms with Crippen molar-refractivity contribution in [2.75, 3.05) is 39.9 Å². The number of aryl methyl sites for hydroxylation is 1. The summed E-state index contributed by atoms with van der Waals surface area (Å²) in [5.41, 5.74) is 21.4. The molecule has 1 aliphatic rings. The second-order valence-electron chi connectivity index (χ2n) is 15.2. The Bertz CT molecular complexity index is 1870. The maximum absolute atomic E-state index is 14.4. The van der Waals surface area contributed by atoms with Gasteiger partial charge >= 0.3 is 5.97 Å². The average Bonchev–Trinajstić information content (AvgIpc) is 3.22. The summed E-state index contributed by atoms with van der Waals surface area (Å²) in [4.78, 5) is 69.3. The molecule has 0 fully saturated rings. The number of hydrogen-bond donors (Lipinski definition) is 5. The Morgan fingerprint density at radius 1 is 0.845 bits per heavy atom. The number of fused-ring (bicyclic) bond motifs is 5. The van der Waals surface area contributed by atoms with E-state index in [4.69, 9.17) is 26.7 Å². The lowest BCUT2D eigenvalue weighted by Crippen LogP contribution is -2.46. The summed E-state index contributed by atoms with van der Waals surface area (Å²) in [5, 5.41) is 12.7. The van der Waals surface area contributed by atoms with Crippen LogP contribution in [0.15, 0.2) is 60.7 Å². The number of aliphatic carboxylic acids is 1. The molecule has 314 valence electrons. The van der Waals surface area contributed by atoms with Crippen LogP contribution >= 0.6 is 0 Å². The highest BCUT2D eigenvalue weighted by Gasteiger charge is 2.36. The number of unbranched alkanes of at least 4 members (excludes halogenated alkanes) is 5. The molecule has 0 saturated carbocycles. The fourth-order valence-corrected chi connectivity index (χ4v) is 7.31. The number of carbonyl (C=O) groups excluding carboxylic acids is 4.